The van der Waals surface area contributed by atoms with E-state index in [2.05, 4.69) is 22.6 Å². The standard InChI is InChI=1S/C13H12INO2/c1-17-12-4-2-3-10(7-12)9-15-6-5-11(14)8-13(15)16/h2-8H,9H2,1H3. The molecule has 0 N–H and O–H groups in total. The maximum Gasteiger partial charge on any atom is 0.251 e. The van der Waals surface area contributed by atoms with Crippen LogP contribution in [0.15, 0.2) is 47.4 Å². The van der Waals surface area contributed by atoms with Crippen LogP contribution in [0.1, 0.15) is 5.56 Å². The summed E-state index contributed by atoms with van der Waals surface area (Å²) < 4.78 is 7.78. The van der Waals surface area contributed by atoms with E-state index in [4.69, 9.17) is 4.74 Å². The number of pyridine rings is 1. The quantitative estimate of drug-likeness (QED) is 0.804. The normalized spacial score (nSPS) is 10.2. The lowest BCUT2D eigenvalue weighted by Crippen LogP contribution is -2.19. The minimum Gasteiger partial charge on any atom is -0.497 e. The average Bonchev–Trinajstić information content (AvgIpc) is 2.33. The number of ether oxygens (including phenoxy) is 1. The summed E-state index contributed by atoms with van der Waals surface area (Å²) in [6.45, 7) is 0.562. The van der Waals surface area contributed by atoms with Crippen molar-refractivity contribution < 1.29 is 4.74 Å². The van der Waals surface area contributed by atoms with Crippen LogP contribution in [0.2, 0.25) is 0 Å². The van der Waals surface area contributed by atoms with E-state index in [1.807, 2.05) is 36.5 Å². The summed E-state index contributed by atoms with van der Waals surface area (Å²) in [6.07, 6.45) is 1.81. The molecule has 0 aliphatic carbocycles. The van der Waals surface area contributed by atoms with Gasteiger partial charge in [-0.1, -0.05) is 12.1 Å². The van der Waals surface area contributed by atoms with E-state index in [1.165, 1.54) is 0 Å². The smallest absolute Gasteiger partial charge is 0.251 e. The molecule has 0 aliphatic rings. The largest absolute Gasteiger partial charge is 0.497 e. The van der Waals surface area contributed by atoms with Crippen molar-refractivity contribution in [2.24, 2.45) is 0 Å². The van der Waals surface area contributed by atoms with Gasteiger partial charge in [0.1, 0.15) is 5.75 Å². The number of halogens is 1. The minimum atomic E-state index is 0.0136. The fourth-order valence-corrected chi connectivity index (χ4v) is 2.01. The van der Waals surface area contributed by atoms with Gasteiger partial charge >= 0.3 is 0 Å². The van der Waals surface area contributed by atoms with Crippen molar-refractivity contribution in [1.29, 1.82) is 0 Å². The molecule has 0 amide bonds. The number of hydrogen-bond acceptors (Lipinski definition) is 2. The third kappa shape index (κ3) is 3.09. The number of methoxy groups -OCH3 is 1. The van der Waals surface area contributed by atoms with Gasteiger partial charge in [0.05, 0.1) is 13.7 Å². The van der Waals surface area contributed by atoms with Crippen LogP contribution in [0.5, 0.6) is 5.75 Å². The highest BCUT2D eigenvalue weighted by molar-refractivity contribution is 14.1. The van der Waals surface area contributed by atoms with Crippen molar-refractivity contribution in [2.75, 3.05) is 7.11 Å². The Morgan fingerprint density at radius 1 is 1.29 bits per heavy atom. The van der Waals surface area contributed by atoms with Gasteiger partial charge in [0, 0.05) is 15.8 Å². The van der Waals surface area contributed by atoms with Crippen LogP contribution in [0.3, 0.4) is 0 Å². The number of aromatic nitrogens is 1. The summed E-state index contributed by atoms with van der Waals surface area (Å²) in [4.78, 5) is 11.7. The number of hydrogen-bond donors (Lipinski definition) is 0. The molecule has 1 aromatic heterocycles. The monoisotopic (exact) mass is 341 g/mol. The van der Waals surface area contributed by atoms with E-state index in [1.54, 1.807) is 17.7 Å². The fraction of sp³-hybridized carbons (Fsp3) is 0.154. The molecular formula is C13H12INO2. The highest BCUT2D eigenvalue weighted by atomic mass is 127. The predicted molar refractivity (Wildman–Crippen MR) is 75.5 cm³/mol. The summed E-state index contributed by atoms with van der Waals surface area (Å²) in [5, 5.41) is 0. The number of benzene rings is 1. The molecule has 0 unspecified atom stereocenters. The Labute approximate surface area is 113 Å². The Balaban J connectivity index is 2.28. The van der Waals surface area contributed by atoms with Crippen molar-refractivity contribution in [1.82, 2.24) is 4.57 Å². The van der Waals surface area contributed by atoms with Crippen molar-refractivity contribution in [3.63, 3.8) is 0 Å². The average molecular weight is 341 g/mol. The zero-order chi connectivity index (χ0) is 12.3. The van der Waals surface area contributed by atoms with Crippen molar-refractivity contribution in [3.8, 4) is 5.75 Å². The van der Waals surface area contributed by atoms with Gasteiger partial charge in [0.25, 0.3) is 5.56 Å². The van der Waals surface area contributed by atoms with Gasteiger partial charge in [-0.2, -0.15) is 0 Å². The van der Waals surface area contributed by atoms with Crippen molar-refractivity contribution >= 4 is 22.6 Å². The lowest BCUT2D eigenvalue weighted by Gasteiger charge is -2.07. The maximum atomic E-state index is 11.7. The van der Waals surface area contributed by atoms with Crippen LogP contribution >= 0.6 is 22.6 Å². The molecule has 2 aromatic rings. The molecule has 4 heteroatoms. The lowest BCUT2D eigenvalue weighted by molar-refractivity contribution is 0.414. The molecule has 0 radical (unpaired) electrons. The molecule has 1 heterocycles. The third-order valence-electron chi connectivity index (χ3n) is 2.45. The van der Waals surface area contributed by atoms with Gasteiger partial charge in [-0.25, -0.2) is 0 Å². The molecule has 0 saturated heterocycles. The van der Waals surface area contributed by atoms with E-state index < -0.39 is 0 Å². The Kier molecular flexibility index (Phi) is 3.83. The van der Waals surface area contributed by atoms with Gasteiger partial charge < -0.3 is 9.30 Å². The molecule has 1 aromatic carbocycles. The Morgan fingerprint density at radius 3 is 2.82 bits per heavy atom. The van der Waals surface area contributed by atoms with Gasteiger partial charge in [0.15, 0.2) is 0 Å². The molecule has 0 bridgehead atoms. The number of nitrogens with zero attached hydrogens (tertiary/aromatic N) is 1. The van der Waals surface area contributed by atoms with Crippen molar-refractivity contribution in [2.45, 2.75) is 6.54 Å². The highest BCUT2D eigenvalue weighted by Crippen LogP contribution is 2.13. The molecule has 88 valence electrons. The van der Waals surface area contributed by atoms with E-state index in [-0.39, 0.29) is 5.56 Å². The second-order valence-corrected chi connectivity index (χ2v) is 4.91. The van der Waals surface area contributed by atoms with Crippen LogP contribution in [0, 0.1) is 3.57 Å². The van der Waals surface area contributed by atoms with Gasteiger partial charge in [-0.05, 0) is 46.4 Å². The molecule has 0 saturated carbocycles. The van der Waals surface area contributed by atoms with E-state index >= 15 is 0 Å². The lowest BCUT2D eigenvalue weighted by atomic mass is 10.2. The predicted octanol–water partition coefficient (Wildman–Crippen LogP) is 2.51. The van der Waals surface area contributed by atoms with Crippen LogP contribution in [-0.4, -0.2) is 11.7 Å². The molecule has 0 atom stereocenters. The first-order valence-electron chi connectivity index (χ1n) is 5.18. The molecular weight excluding hydrogens is 329 g/mol. The van der Waals surface area contributed by atoms with E-state index in [0.29, 0.717) is 6.54 Å². The Hall–Kier alpha value is -1.30. The first kappa shape index (κ1) is 12.2. The highest BCUT2D eigenvalue weighted by Gasteiger charge is 2.00. The SMILES string of the molecule is COc1cccc(Cn2ccc(I)cc2=O)c1. The van der Waals surface area contributed by atoms with Crippen LogP contribution in [0.4, 0.5) is 0 Å². The Morgan fingerprint density at radius 2 is 2.12 bits per heavy atom. The first-order chi connectivity index (χ1) is 8.19. The second kappa shape index (κ2) is 5.35. The zero-order valence-electron chi connectivity index (χ0n) is 9.39. The van der Waals surface area contributed by atoms with E-state index in [9.17, 15) is 4.79 Å². The summed E-state index contributed by atoms with van der Waals surface area (Å²) in [5.41, 5.74) is 1.06. The van der Waals surface area contributed by atoms with E-state index in [0.717, 1.165) is 14.9 Å². The third-order valence-corrected chi connectivity index (χ3v) is 3.12. The zero-order valence-corrected chi connectivity index (χ0v) is 11.5. The molecule has 0 spiro atoms. The summed E-state index contributed by atoms with van der Waals surface area (Å²) in [7, 11) is 1.64. The Bertz CT molecular complexity index is 578. The summed E-state index contributed by atoms with van der Waals surface area (Å²) in [5.74, 6) is 0.807. The number of rotatable bonds is 3. The molecule has 17 heavy (non-hydrogen) atoms. The van der Waals surface area contributed by atoms with Crippen LogP contribution in [0.25, 0.3) is 0 Å². The van der Waals surface area contributed by atoms with Gasteiger partial charge in [-0.15, -0.1) is 0 Å². The molecule has 0 fully saturated rings. The van der Waals surface area contributed by atoms with Gasteiger partial charge in [-0.3, -0.25) is 4.79 Å². The topological polar surface area (TPSA) is 31.2 Å². The molecule has 0 aliphatic heterocycles. The van der Waals surface area contributed by atoms with Crippen molar-refractivity contribution in [3.05, 3.63) is 62.1 Å². The summed E-state index contributed by atoms with van der Waals surface area (Å²) in [6, 6.07) is 11.3. The fourth-order valence-electron chi connectivity index (χ4n) is 1.58. The summed E-state index contributed by atoms with van der Waals surface area (Å²) >= 11 is 2.13. The maximum absolute atomic E-state index is 11.7. The van der Waals surface area contributed by atoms with Gasteiger partial charge in [0.2, 0.25) is 0 Å². The molecule has 2 rings (SSSR count). The first-order valence-corrected chi connectivity index (χ1v) is 6.26. The van der Waals surface area contributed by atoms with Crippen LogP contribution < -0.4 is 10.3 Å². The van der Waals surface area contributed by atoms with Crippen LogP contribution in [-0.2, 0) is 6.54 Å². The molecule has 3 nitrogen and oxygen atoms in total. The minimum absolute atomic E-state index is 0.0136. The second-order valence-electron chi connectivity index (χ2n) is 3.66.